The molecule has 2 rings (SSSR count). The lowest BCUT2D eigenvalue weighted by Crippen LogP contribution is -2.43. The number of aromatic nitrogens is 2. The van der Waals surface area contributed by atoms with Crippen molar-refractivity contribution >= 4 is 17.7 Å². The third kappa shape index (κ3) is 5.26. The molecule has 0 saturated carbocycles. The maximum atomic E-state index is 12.6. The van der Waals surface area contributed by atoms with Crippen LogP contribution in [0.5, 0.6) is 5.75 Å². The second-order valence-corrected chi connectivity index (χ2v) is 7.81. The molecule has 0 fully saturated rings. The third-order valence-corrected chi connectivity index (χ3v) is 5.29. The van der Waals surface area contributed by atoms with Gasteiger partial charge in [-0.3, -0.25) is 4.79 Å². The number of para-hydroxylation sites is 1. The van der Waals surface area contributed by atoms with Crippen LogP contribution in [0.3, 0.4) is 0 Å². The fourth-order valence-corrected chi connectivity index (χ4v) is 4.05. The summed E-state index contributed by atoms with van der Waals surface area (Å²) >= 11 is 1.40. The summed E-state index contributed by atoms with van der Waals surface area (Å²) in [7, 11) is 1.64. The average Bonchev–Trinajstić information content (AvgIpc) is 3.01. The van der Waals surface area contributed by atoms with E-state index < -0.39 is 0 Å². The van der Waals surface area contributed by atoms with Crippen LogP contribution in [0, 0.1) is 0 Å². The van der Waals surface area contributed by atoms with Gasteiger partial charge in [0.2, 0.25) is 5.91 Å². The first kappa shape index (κ1) is 21.3. The minimum Gasteiger partial charge on any atom is -0.496 e. The Kier molecular flexibility index (Phi) is 7.74. The molecule has 6 nitrogen and oxygen atoms in total. The van der Waals surface area contributed by atoms with Gasteiger partial charge in [0.05, 0.1) is 37.9 Å². The number of thioether (sulfide) groups is 1. The minimum absolute atomic E-state index is 0.0855. The Hall–Kier alpha value is -1.99. The number of imidazole rings is 1. The van der Waals surface area contributed by atoms with E-state index in [1.165, 1.54) is 11.8 Å². The Morgan fingerprint density at radius 1 is 1.26 bits per heavy atom. The van der Waals surface area contributed by atoms with Gasteiger partial charge in [0, 0.05) is 17.6 Å². The van der Waals surface area contributed by atoms with E-state index in [4.69, 9.17) is 4.74 Å². The largest absolute Gasteiger partial charge is 0.496 e. The van der Waals surface area contributed by atoms with Gasteiger partial charge in [-0.15, -0.1) is 0 Å². The number of methoxy groups -OCH3 is 1. The molecule has 0 spiro atoms. The van der Waals surface area contributed by atoms with Crippen LogP contribution in [0.4, 0.5) is 0 Å². The van der Waals surface area contributed by atoms with Gasteiger partial charge < -0.3 is 19.3 Å². The number of benzene rings is 1. The molecule has 1 aromatic carbocycles. The van der Waals surface area contributed by atoms with Gasteiger partial charge in [0.1, 0.15) is 5.75 Å². The van der Waals surface area contributed by atoms with E-state index in [1.807, 2.05) is 61.4 Å². The lowest BCUT2D eigenvalue weighted by Gasteiger charge is -2.30. The van der Waals surface area contributed by atoms with E-state index in [-0.39, 0.29) is 24.6 Å². The second-order valence-electron chi connectivity index (χ2n) is 6.87. The number of amides is 1. The molecule has 0 aliphatic rings. The molecule has 0 atom stereocenters. The molecule has 0 unspecified atom stereocenters. The fraction of sp³-hybridized carbons (Fsp3) is 0.500. The molecule has 1 heterocycles. The van der Waals surface area contributed by atoms with Gasteiger partial charge in [-0.05, 0) is 33.8 Å². The highest BCUT2D eigenvalue weighted by Gasteiger charge is 2.21. The van der Waals surface area contributed by atoms with E-state index in [9.17, 15) is 9.90 Å². The molecular formula is C20H29N3O3S. The Balaban J connectivity index is 2.19. The number of ether oxygens (including phenoxy) is 1. The highest BCUT2D eigenvalue weighted by Crippen LogP contribution is 2.25. The lowest BCUT2D eigenvalue weighted by atomic mass is 10.2. The number of nitrogens with zero attached hydrogens (tertiary/aromatic N) is 3. The summed E-state index contributed by atoms with van der Waals surface area (Å²) in [5, 5.41) is 10.4. The van der Waals surface area contributed by atoms with Crippen molar-refractivity contribution in [3.63, 3.8) is 0 Å². The molecule has 1 aromatic heterocycles. The normalized spacial score (nSPS) is 11.3. The number of hydrogen-bond acceptors (Lipinski definition) is 5. The molecular weight excluding hydrogens is 362 g/mol. The molecule has 0 aliphatic heterocycles. The lowest BCUT2D eigenvalue weighted by molar-refractivity contribution is -0.131. The van der Waals surface area contributed by atoms with Gasteiger partial charge in [-0.1, -0.05) is 30.0 Å². The average molecular weight is 392 g/mol. The number of aliphatic hydroxyl groups is 1. The summed E-state index contributed by atoms with van der Waals surface area (Å²) in [5.41, 5.74) is 1.70. The quantitative estimate of drug-likeness (QED) is 0.665. The number of rotatable bonds is 9. The topological polar surface area (TPSA) is 67.6 Å². The van der Waals surface area contributed by atoms with Crippen molar-refractivity contribution in [2.45, 2.75) is 58.1 Å². The minimum atomic E-state index is -0.110. The second kappa shape index (κ2) is 9.80. The molecule has 1 amide bonds. The summed E-state index contributed by atoms with van der Waals surface area (Å²) in [6.45, 7) is 8.50. The molecule has 7 heteroatoms. The summed E-state index contributed by atoms with van der Waals surface area (Å²) in [6, 6.07) is 8.07. The summed E-state index contributed by atoms with van der Waals surface area (Å²) < 4.78 is 7.36. The van der Waals surface area contributed by atoms with Crippen molar-refractivity contribution < 1.29 is 14.6 Å². The maximum absolute atomic E-state index is 12.6. The van der Waals surface area contributed by atoms with Crippen molar-refractivity contribution in [2.75, 3.05) is 12.9 Å². The van der Waals surface area contributed by atoms with Crippen LogP contribution in [-0.2, 0) is 17.9 Å². The van der Waals surface area contributed by atoms with Crippen molar-refractivity contribution in [1.29, 1.82) is 0 Å². The van der Waals surface area contributed by atoms with Crippen LogP contribution >= 0.6 is 11.8 Å². The fourth-order valence-electron chi connectivity index (χ4n) is 3.18. The van der Waals surface area contributed by atoms with Gasteiger partial charge in [-0.2, -0.15) is 0 Å². The first-order valence-electron chi connectivity index (χ1n) is 9.10. The SMILES string of the molecule is COc1ccccc1Cn1c(CO)cnc1SCC(=O)N(C(C)C)C(C)C. The monoisotopic (exact) mass is 391 g/mol. The van der Waals surface area contributed by atoms with E-state index >= 15 is 0 Å². The van der Waals surface area contributed by atoms with E-state index in [2.05, 4.69) is 4.98 Å². The Morgan fingerprint density at radius 2 is 1.93 bits per heavy atom. The predicted molar refractivity (Wildman–Crippen MR) is 108 cm³/mol. The highest BCUT2D eigenvalue weighted by molar-refractivity contribution is 7.99. The number of carbonyl (C=O) groups is 1. The van der Waals surface area contributed by atoms with Crippen LogP contribution in [0.25, 0.3) is 0 Å². The van der Waals surface area contributed by atoms with Crippen molar-refractivity contribution in [3.8, 4) is 5.75 Å². The highest BCUT2D eigenvalue weighted by atomic mass is 32.2. The van der Waals surface area contributed by atoms with E-state index in [0.29, 0.717) is 23.1 Å². The zero-order valence-electron chi connectivity index (χ0n) is 16.7. The molecule has 0 bridgehead atoms. The van der Waals surface area contributed by atoms with Gasteiger partial charge in [-0.25, -0.2) is 4.98 Å². The van der Waals surface area contributed by atoms with Gasteiger partial charge in [0.15, 0.2) is 5.16 Å². The first-order chi connectivity index (χ1) is 12.9. The summed E-state index contributed by atoms with van der Waals surface area (Å²) in [4.78, 5) is 18.9. The van der Waals surface area contributed by atoms with Crippen LogP contribution in [0.1, 0.15) is 39.0 Å². The van der Waals surface area contributed by atoms with Crippen molar-refractivity contribution in [2.24, 2.45) is 0 Å². The smallest absolute Gasteiger partial charge is 0.233 e. The number of carbonyl (C=O) groups excluding carboxylic acids is 1. The Labute approximate surface area is 165 Å². The Bertz CT molecular complexity index is 751. The molecule has 27 heavy (non-hydrogen) atoms. The van der Waals surface area contributed by atoms with Crippen LogP contribution < -0.4 is 4.74 Å². The standard InChI is InChI=1S/C20H29N3O3S/c1-14(2)23(15(3)4)19(25)13-27-20-21-10-17(12-24)22(20)11-16-8-6-7-9-18(16)26-5/h6-10,14-15,24H,11-13H2,1-5H3. The number of aliphatic hydroxyl groups excluding tert-OH is 1. The van der Waals surface area contributed by atoms with E-state index in [0.717, 1.165) is 11.3 Å². The van der Waals surface area contributed by atoms with Crippen LogP contribution in [0.2, 0.25) is 0 Å². The Morgan fingerprint density at radius 3 is 2.52 bits per heavy atom. The zero-order chi connectivity index (χ0) is 20.0. The zero-order valence-corrected chi connectivity index (χ0v) is 17.5. The summed E-state index contributed by atoms with van der Waals surface area (Å²) in [6.07, 6.45) is 1.66. The molecule has 1 N–H and O–H groups in total. The molecule has 0 radical (unpaired) electrons. The summed E-state index contributed by atoms with van der Waals surface area (Å²) in [5.74, 6) is 1.18. The molecule has 2 aromatic rings. The first-order valence-corrected chi connectivity index (χ1v) is 10.1. The third-order valence-electron chi connectivity index (χ3n) is 4.31. The van der Waals surface area contributed by atoms with Crippen molar-refractivity contribution in [1.82, 2.24) is 14.5 Å². The molecule has 148 valence electrons. The van der Waals surface area contributed by atoms with Crippen molar-refractivity contribution in [3.05, 3.63) is 41.7 Å². The van der Waals surface area contributed by atoms with E-state index in [1.54, 1.807) is 13.3 Å². The van der Waals surface area contributed by atoms with Gasteiger partial charge >= 0.3 is 0 Å². The molecule has 0 aliphatic carbocycles. The maximum Gasteiger partial charge on any atom is 0.233 e. The predicted octanol–water partition coefficient (Wildman–Crippen LogP) is 3.17. The molecule has 0 saturated heterocycles. The van der Waals surface area contributed by atoms with Crippen LogP contribution in [-0.4, -0.2) is 50.4 Å². The number of hydrogen-bond donors (Lipinski definition) is 1. The van der Waals surface area contributed by atoms with Crippen LogP contribution in [0.15, 0.2) is 35.6 Å². The van der Waals surface area contributed by atoms with Gasteiger partial charge in [0.25, 0.3) is 0 Å².